The molecule has 0 N–H and O–H groups in total. The third-order valence-corrected chi connectivity index (χ3v) is 4.42. The fourth-order valence-electron chi connectivity index (χ4n) is 1.94. The number of para-hydroxylation sites is 1. The molecule has 0 radical (unpaired) electrons. The fourth-order valence-corrected chi connectivity index (χ4v) is 2.98. The largest absolute Gasteiger partial charge is 0.455 e. The van der Waals surface area contributed by atoms with Crippen LogP contribution in [0, 0.1) is 0 Å². The average molecular weight is 244 g/mol. The first-order valence-electron chi connectivity index (χ1n) is 5.57. The van der Waals surface area contributed by atoms with E-state index in [2.05, 4.69) is 13.8 Å². The number of hydrogen-bond donors (Lipinski definition) is 0. The predicted molar refractivity (Wildman–Crippen MR) is 71.5 cm³/mol. The summed E-state index contributed by atoms with van der Waals surface area (Å²) < 4.78 is 5.79. The van der Waals surface area contributed by atoms with E-state index in [0.717, 1.165) is 4.90 Å². The minimum Gasteiger partial charge on any atom is -0.455 e. The van der Waals surface area contributed by atoms with Crippen LogP contribution in [0.3, 0.4) is 0 Å². The van der Waals surface area contributed by atoms with Crippen molar-refractivity contribution in [1.82, 2.24) is 0 Å². The van der Waals surface area contributed by atoms with Crippen molar-refractivity contribution in [2.75, 3.05) is 0 Å². The molecule has 1 atom stereocenters. The highest BCUT2D eigenvalue weighted by Gasteiger charge is 2.21. The van der Waals surface area contributed by atoms with E-state index in [0.29, 0.717) is 22.0 Å². The van der Waals surface area contributed by atoms with Crippen molar-refractivity contribution >= 4 is 28.8 Å². The van der Waals surface area contributed by atoms with Gasteiger partial charge in [-0.1, -0.05) is 17.7 Å². The molecule has 1 aromatic heterocycles. The Kier molecular flexibility index (Phi) is 2.37. The van der Waals surface area contributed by atoms with Crippen LogP contribution in [0.4, 0.5) is 0 Å². The van der Waals surface area contributed by atoms with Gasteiger partial charge in [0.05, 0.1) is 10.3 Å². The smallest absolute Gasteiger partial charge is 0.206 e. The van der Waals surface area contributed by atoms with Gasteiger partial charge in [0, 0.05) is 5.25 Å². The van der Waals surface area contributed by atoms with E-state index in [1.54, 1.807) is 11.8 Å². The normalized spacial score (nSPS) is 18.9. The predicted octanol–water partition coefficient (Wildman–Crippen LogP) is 3.69. The van der Waals surface area contributed by atoms with E-state index in [1.807, 2.05) is 30.3 Å². The molecule has 0 saturated carbocycles. The molecule has 0 aliphatic carbocycles. The van der Waals surface area contributed by atoms with E-state index in [1.165, 1.54) is 5.57 Å². The summed E-state index contributed by atoms with van der Waals surface area (Å²) in [4.78, 5) is 13.1. The van der Waals surface area contributed by atoms with Crippen LogP contribution in [0.1, 0.15) is 19.6 Å². The van der Waals surface area contributed by atoms with Crippen molar-refractivity contribution in [1.29, 1.82) is 0 Å². The summed E-state index contributed by atoms with van der Waals surface area (Å²) in [5.74, 6) is 0.703. The lowest BCUT2D eigenvalue weighted by Crippen LogP contribution is -2.13. The molecule has 0 amide bonds. The number of rotatable bonds is 0. The molecule has 0 bridgehead atoms. The van der Waals surface area contributed by atoms with Crippen molar-refractivity contribution in [2.24, 2.45) is 0 Å². The van der Waals surface area contributed by atoms with Crippen LogP contribution in [-0.4, -0.2) is 5.25 Å². The van der Waals surface area contributed by atoms with E-state index in [4.69, 9.17) is 4.42 Å². The Morgan fingerprint density at radius 1 is 1.29 bits per heavy atom. The van der Waals surface area contributed by atoms with Crippen molar-refractivity contribution in [2.45, 2.75) is 24.0 Å². The molecule has 0 saturated heterocycles. The highest BCUT2D eigenvalue weighted by molar-refractivity contribution is 8.00. The molecule has 1 unspecified atom stereocenters. The Labute approximate surface area is 103 Å². The number of fused-ring (bicyclic) bond motifs is 2. The topological polar surface area (TPSA) is 30.2 Å². The van der Waals surface area contributed by atoms with Gasteiger partial charge in [0.2, 0.25) is 5.43 Å². The van der Waals surface area contributed by atoms with E-state index in [9.17, 15) is 4.79 Å². The van der Waals surface area contributed by atoms with Gasteiger partial charge in [-0.25, -0.2) is 0 Å². The molecule has 17 heavy (non-hydrogen) atoms. The average Bonchev–Trinajstić information content (AvgIpc) is 2.32. The van der Waals surface area contributed by atoms with E-state index >= 15 is 0 Å². The van der Waals surface area contributed by atoms with Crippen LogP contribution in [0.5, 0.6) is 0 Å². The molecule has 2 nitrogen and oxygen atoms in total. The maximum absolute atomic E-state index is 12.3. The summed E-state index contributed by atoms with van der Waals surface area (Å²) in [5, 5.41) is 1.01. The Bertz CT molecular complexity index is 682. The van der Waals surface area contributed by atoms with Gasteiger partial charge in [0.25, 0.3) is 0 Å². The quantitative estimate of drug-likeness (QED) is 0.708. The Hall–Kier alpha value is -1.48. The summed E-state index contributed by atoms with van der Waals surface area (Å²) in [6, 6.07) is 7.40. The van der Waals surface area contributed by atoms with Gasteiger partial charge in [0.15, 0.2) is 0 Å². The third-order valence-electron chi connectivity index (χ3n) is 3.08. The van der Waals surface area contributed by atoms with Crippen molar-refractivity contribution < 1.29 is 4.42 Å². The monoisotopic (exact) mass is 244 g/mol. The first-order valence-corrected chi connectivity index (χ1v) is 6.45. The summed E-state index contributed by atoms with van der Waals surface area (Å²) >= 11 is 1.59. The molecule has 0 fully saturated rings. The lowest BCUT2D eigenvalue weighted by atomic mass is 10.1. The molecule has 86 valence electrons. The minimum atomic E-state index is 0.0856. The molecule has 1 aromatic carbocycles. The van der Waals surface area contributed by atoms with E-state index < -0.39 is 0 Å². The Morgan fingerprint density at radius 3 is 2.88 bits per heavy atom. The van der Waals surface area contributed by atoms with Crippen LogP contribution in [0.15, 0.2) is 43.9 Å². The molecule has 1 aliphatic heterocycles. The van der Waals surface area contributed by atoms with Gasteiger partial charge < -0.3 is 4.42 Å². The zero-order valence-corrected chi connectivity index (χ0v) is 10.5. The van der Waals surface area contributed by atoms with Gasteiger partial charge in [-0.05, 0) is 32.1 Å². The first kappa shape index (κ1) is 10.7. The standard InChI is InChI=1S/C14H12O2S/c1-8-7-12-14(17-9(8)2)13(15)10-5-3-4-6-11(10)16-12/h3-7,9H,1-2H3. The summed E-state index contributed by atoms with van der Waals surface area (Å²) in [7, 11) is 0. The molecule has 1 aliphatic rings. The Balaban J connectivity index is 2.39. The lowest BCUT2D eigenvalue weighted by Gasteiger charge is -2.18. The maximum atomic E-state index is 12.3. The molecule has 3 heteroatoms. The number of benzene rings is 1. The van der Waals surface area contributed by atoms with Gasteiger partial charge in [0.1, 0.15) is 11.3 Å². The van der Waals surface area contributed by atoms with Crippen molar-refractivity contribution in [3.05, 3.63) is 45.8 Å². The van der Waals surface area contributed by atoms with Gasteiger partial charge in [-0.2, -0.15) is 0 Å². The van der Waals surface area contributed by atoms with Crippen LogP contribution < -0.4 is 5.43 Å². The summed E-state index contributed by atoms with van der Waals surface area (Å²) in [6.45, 7) is 4.17. The minimum absolute atomic E-state index is 0.0856. The molecule has 2 aromatic rings. The molecule has 2 heterocycles. The second-order valence-electron chi connectivity index (χ2n) is 4.27. The van der Waals surface area contributed by atoms with Gasteiger partial charge in [-0.3, -0.25) is 4.79 Å². The van der Waals surface area contributed by atoms with Crippen LogP contribution in [0.25, 0.3) is 17.0 Å². The molecule has 3 rings (SSSR count). The van der Waals surface area contributed by atoms with Crippen molar-refractivity contribution in [3.8, 4) is 0 Å². The zero-order chi connectivity index (χ0) is 12.0. The SMILES string of the molecule is CC1=Cc2oc3ccccc3c(=O)c2SC1C. The second-order valence-corrected chi connectivity index (χ2v) is 5.62. The van der Waals surface area contributed by atoms with Crippen LogP contribution in [-0.2, 0) is 0 Å². The Morgan fingerprint density at radius 2 is 2.06 bits per heavy atom. The lowest BCUT2D eigenvalue weighted by molar-refractivity contribution is 0.572. The second kappa shape index (κ2) is 3.77. The van der Waals surface area contributed by atoms with Gasteiger partial charge in [-0.15, -0.1) is 11.8 Å². The molecular weight excluding hydrogens is 232 g/mol. The van der Waals surface area contributed by atoms with E-state index in [-0.39, 0.29) is 5.43 Å². The fraction of sp³-hybridized carbons (Fsp3) is 0.214. The number of thioether (sulfide) groups is 1. The summed E-state index contributed by atoms with van der Waals surface area (Å²) in [6.07, 6.45) is 1.98. The number of hydrogen-bond acceptors (Lipinski definition) is 3. The van der Waals surface area contributed by atoms with Crippen LogP contribution in [0.2, 0.25) is 0 Å². The maximum Gasteiger partial charge on any atom is 0.206 e. The summed E-state index contributed by atoms with van der Waals surface area (Å²) in [5.41, 5.74) is 1.99. The molecular formula is C14H12O2S. The highest BCUT2D eigenvalue weighted by atomic mass is 32.2. The van der Waals surface area contributed by atoms with Crippen LogP contribution >= 0.6 is 11.8 Å². The highest BCUT2D eigenvalue weighted by Crippen LogP contribution is 2.36. The molecule has 0 spiro atoms. The van der Waals surface area contributed by atoms with Gasteiger partial charge >= 0.3 is 0 Å². The zero-order valence-electron chi connectivity index (χ0n) is 9.69. The van der Waals surface area contributed by atoms with Crippen molar-refractivity contribution in [3.63, 3.8) is 0 Å². The third kappa shape index (κ3) is 1.62. The first-order chi connectivity index (χ1) is 8.16.